The van der Waals surface area contributed by atoms with Crippen LogP contribution in [0.2, 0.25) is 0 Å². The predicted molar refractivity (Wildman–Crippen MR) is 93.9 cm³/mol. The third-order valence-corrected chi connectivity index (χ3v) is 5.32. The molecule has 2 aliphatic rings. The Hall–Kier alpha value is -2.06. The topological polar surface area (TPSA) is 73.9 Å². The molecule has 0 bridgehead atoms. The second-order valence-corrected chi connectivity index (χ2v) is 7.95. The Morgan fingerprint density at radius 3 is 2.54 bits per heavy atom. The quantitative estimate of drug-likeness (QED) is 0.815. The van der Waals surface area contributed by atoms with E-state index in [1.807, 2.05) is 44.4 Å². The van der Waals surface area contributed by atoms with Crippen LogP contribution in [0.1, 0.15) is 38.4 Å². The van der Waals surface area contributed by atoms with E-state index >= 15 is 0 Å². The van der Waals surface area contributed by atoms with Crippen LogP contribution in [0.4, 0.5) is 0 Å². The van der Waals surface area contributed by atoms with Crippen molar-refractivity contribution in [3.63, 3.8) is 0 Å². The number of benzene rings is 1. The van der Waals surface area contributed by atoms with Gasteiger partial charge in [0.25, 0.3) is 0 Å². The van der Waals surface area contributed by atoms with E-state index in [-0.39, 0.29) is 16.9 Å². The molecule has 2 atom stereocenters. The fourth-order valence-electron chi connectivity index (χ4n) is 3.38. The van der Waals surface area contributed by atoms with E-state index in [1.165, 1.54) is 0 Å². The van der Waals surface area contributed by atoms with Crippen molar-refractivity contribution in [1.29, 1.82) is 10.7 Å². The van der Waals surface area contributed by atoms with Crippen molar-refractivity contribution in [2.75, 3.05) is 6.26 Å². The van der Waals surface area contributed by atoms with Gasteiger partial charge in [0.2, 0.25) is 0 Å². The first-order valence-corrected chi connectivity index (χ1v) is 9.14. The van der Waals surface area contributed by atoms with Crippen molar-refractivity contribution < 1.29 is 9.53 Å². The third-order valence-electron chi connectivity index (χ3n) is 4.57. The van der Waals surface area contributed by atoms with Gasteiger partial charge >= 0.3 is 0 Å². The van der Waals surface area contributed by atoms with Crippen LogP contribution >= 0.6 is 11.8 Å². The van der Waals surface area contributed by atoms with Crippen molar-refractivity contribution >= 4 is 23.3 Å². The molecule has 0 amide bonds. The lowest BCUT2D eigenvalue weighted by atomic mass is 9.72. The van der Waals surface area contributed by atoms with Crippen molar-refractivity contribution in [2.45, 2.75) is 37.7 Å². The van der Waals surface area contributed by atoms with Crippen LogP contribution in [0, 0.1) is 28.1 Å². The summed E-state index contributed by atoms with van der Waals surface area (Å²) in [5, 5.41) is 18.0. The third kappa shape index (κ3) is 2.87. The van der Waals surface area contributed by atoms with Crippen LogP contribution in [-0.4, -0.2) is 17.8 Å². The maximum Gasteiger partial charge on any atom is 0.168 e. The fraction of sp³-hybridized carbons (Fsp3) is 0.421. The Morgan fingerprint density at radius 1 is 1.29 bits per heavy atom. The van der Waals surface area contributed by atoms with Gasteiger partial charge in [-0.1, -0.05) is 26.0 Å². The van der Waals surface area contributed by atoms with Crippen molar-refractivity contribution in [3.05, 3.63) is 41.2 Å². The molecule has 0 radical (unpaired) electrons. The van der Waals surface area contributed by atoms with Gasteiger partial charge in [-0.05, 0) is 29.4 Å². The SMILES string of the molecule is CSc1ccc([C@H]2OC3=C(C(=N)C2C#N)C(=O)CC(C)(C)C3)cc1. The smallest absolute Gasteiger partial charge is 0.168 e. The van der Waals surface area contributed by atoms with Gasteiger partial charge in [0.1, 0.15) is 17.8 Å². The summed E-state index contributed by atoms with van der Waals surface area (Å²) in [6.07, 6.45) is 2.49. The average molecular weight is 340 g/mol. The molecule has 1 aromatic carbocycles. The molecule has 0 fully saturated rings. The summed E-state index contributed by atoms with van der Waals surface area (Å²) in [6, 6.07) is 10.0. The number of ketones is 1. The summed E-state index contributed by atoms with van der Waals surface area (Å²) in [4.78, 5) is 13.6. The number of nitriles is 1. The number of carbonyl (C=O) groups is 1. The number of ether oxygens (including phenoxy) is 1. The molecule has 1 N–H and O–H groups in total. The summed E-state index contributed by atoms with van der Waals surface area (Å²) in [6.45, 7) is 4.06. The summed E-state index contributed by atoms with van der Waals surface area (Å²) >= 11 is 1.65. The Morgan fingerprint density at radius 2 is 1.96 bits per heavy atom. The molecule has 0 aromatic heterocycles. The predicted octanol–water partition coefficient (Wildman–Crippen LogP) is 4.28. The Labute approximate surface area is 146 Å². The lowest BCUT2D eigenvalue weighted by Gasteiger charge is -2.39. The van der Waals surface area contributed by atoms with Gasteiger partial charge in [-0.25, -0.2) is 0 Å². The van der Waals surface area contributed by atoms with Crippen LogP contribution in [0.3, 0.4) is 0 Å². The Bertz CT molecular complexity index is 772. The molecule has 1 heterocycles. The van der Waals surface area contributed by atoms with Gasteiger partial charge in [0.05, 0.1) is 17.4 Å². The van der Waals surface area contributed by atoms with Crippen molar-refractivity contribution in [2.24, 2.45) is 11.3 Å². The molecule has 0 saturated carbocycles. The highest BCUT2D eigenvalue weighted by Gasteiger charge is 2.44. The van der Waals surface area contributed by atoms with Crippen LogP contribution in [0.15, 0.2) is 40.5 Å². The minimum atomic E-state index is -0.756. The number of Topliss-reactive ketones (excluding diaryl/α,β-unsaturated/α-hetero) is 1. The second kappa shape index (κ2) is 6.10. The molecular weight excluding hydrogens is 320 g/mol. The molecule has 0 spiro atoms. The van der Waals surface area contributed by atoms with Gasteiger partial charge in [-0.3, -0.25) is 4.79 Å². The van der Waals surface area contributed by atoms with E-state index in [2.05, 4.69) is 6.07 Å². The summed E-state index contributed by atoms with van der Waals surface area (Å²) in [5.74, 6) is -0.261. The molecule has 5 heteroatoms. The summed E-state index contributed by atoms with van der Waals surface area (Å²) < 4.78 is 6.12. The maximum absolute atomic E-state index is 12.5. The van der Waals surface area contributed by atoms with Crippen molar-refractivity contribution in [1.82, 2.24) is 0 Å². The number of carbonyl (C=O) groups excluding carboxylic acids is 1. The maximum atomic E-state index is 12.5. The first-order chi connectivity index (χ1) is 11.4. The Balaban J connectivity index is 2.02. The normalized spacial score (nSPS) is 25.8. The molecule has 1 aliphatic heterocycles. The molecule has 24 heavy (non-hydrogen) atoms. The Kier molecular flexibility index (Phi) is 4.27. The first-order valence-electron chi connectivity index (χ1n) is 7.91. The molecule has 3 rings (SSSR count). The second-order valence-electron chi connectivity index (χ2n) is 7.07. The number of nitrogens with zero attached hydrogens (tertiary/aromatic N) is 1. The molecule has 1 aliphatic carbocycles. The van der Waals surface area contributed by atoms with E-state index in [9.17, 15) is 10.1 Å². The number of hydrogen-bond acceptors (Lipinski definition) is 5. The van der Waals surface area contributed by atoms with Crippen LogP contribution in [-0.2, 0) is 9.53 Å². The average Bonchev–Trinajstić information content (AvgIpc) is 2.53. The number of nitrogens with one attached hydrogen (secondary N) is 1. The molecule has 0 saturated heterocycles. The van der Waals surface area contributed by atoms with Gasteiger partial charge in [-0.2, -0.15) is 5.26 Å². The lowest BCUT2D eigenvalue weighted by molar-refractivity contribution is -0.118. The monoisotopic (exact) mass is 340 g/mol. The minimum absolute atomic E-state index is 0.0809. The zero-order valence-electron chi connectivity index (χ0n) is 14.1. The summed E-state index contributed by atoms with van der Waals surface area (Å²) in [7, 11) is 0. The van der Waals surface area contributed by atoms with Crippen LogP contribution < -0.4 is 0 Å². The highest BCUT2D eigenvalue weighted by Crippen LogP contribution is 2.45. The lowest BCUT2D eigenvalue weighted by Crippen LogP contribution is -2.38. The largest absolute Gasteiger partial charge is 0.487 e. The van der Waals surface area contributed by atoms with Gasteiger partial charge in [0.15, 0.2) is 5.78 Å². The minimum Gasteiger partial charge on any atom is -0.487 e. The molecule has 124 valence electrons. The highest BCUT2D eigenvalue weighted by atomic mass is 32.2. The zero-order valence-corrected chi connectivity index (χ0v) is 14.9. The van der Waals surface area contributed by atoms with Gasteiger partial charge < -0.3 is 10.1 Å². The zero-order chi connectivity index (χ0) is 17.5. The number of allylic oxidation sites excluding steroid dienone is 2. The van der Waals surface area contributed by atoms with Crippen molar-refractivity contribution in [3.8, 4) is 6.07 Å². The number of rotatable bonds is 2. The van der Waals surface area contributed by atoms with E-state index < -0.39 is 12.0 Å². The van der Waals surface area contributed by atoms with Crippen LogP contribution in [0.5, 0.6) is 0 Å². The van der Waals surface area contributed by atoms with E-state index in [1.54, 1.807) is 11.8 Å². The molecule has 1 unspecified atom stereocenters. The number of hydrogen-bond donors (Lipinski definition) is 1. The van der Waals surface area contributed by atoms with E-state index in [0.29, 0.717) is 24.2 Å². The standard InChI is InChI=1S/C19H20N2O2S/c1-19(2)8-14(22)16-15(9-19)23-18(13(10-20)17(16)21)11-4-6-12(24-3)7-5-11/h4-7,13,18,21H,8-9H2,1-3H3/t13?,18-/m1/s1. The van der Waals surface area contributed by atoms with E-state index in [4.69, 9.17) is 10.1 Å². The van der Waals surface area contributed by atoms with Gasteiger partial charge in [-0.15, -0.1) is 11.8 Å². The van der Waals surface area contributed by atoms with Gasteiger partial charge in [0, 0.05) is 17.7 Å². The first kappa shape index (κ1) is 16.8. The summed E-state index contributed by atoms with van der Waals surface area (Å²) in [5.41, 5.74) is 1.13. The highest BCUT2D eigenvalue weighted by molar-refractivity contribution is 7.98. The molecular formula is C19H20N2O2S. The molecule has 4 nitrogen and oxygen atoms in total. The fourth-order valence-corrected chi connectivity index (χ4v) is 3.79. The van der Waals surface area contributed by atoms with E-state index in [0.717, 1.165) is 10.5 Å². The molecule has 1 aromatic rings. The number of thioether (sulfide) groups is 1. The van der Waals surface area contributed by atoms with Crippen LogP contribution in [0.25, 0.3) is 0 Å².